The highest BCUT2D eigenvalue weighted by Gasteiger charge is 2.72. The number of aromatic nitrogens is 1. The van der Waals surface area contributed by atoms with Gasteiger partial charge in [0.05, 0.1) is 17.0 Å². The Labute approximate surface area is 432 Å². The molecule has 6 saturated heterocycles. The van der Waals surface area contributed by atoms with Gasteiger partial charge in [-0.3, -0.25) is 34.6 Å². The van der Waals surface area contributed by atoms with Crippen molar-refractivity contribution in [2.45, 2.75) is 132 Å². The van der Waals surface area contributed by atoms with Crippen LogP contribution in [0.4, 0.5) is 15.9 Å². The summed E-state index contributed by atoms with van der Waals surface area (Å²) in [6, 6.07) is 13.3. The molecule has 8 aliphatic rings. The number of amides is 5. The molecule has 0 bridgehead atoms. The molecular weight excluding hydrogens is 955 g/mol. The molecule has 3 unspecified atom stereocenters. The molecule has 5 amide bonds. The molecule has 4 atom stereocenters. The van der Waals surface area contributed by atoms with Crippen molar-refractivity contribution in [2.75, 3.05) is 69.1 Å². The second-order valence-corrected chi connectivity index (χ2v) is 23.4. The van der Waals surface area contributed by atoms with E-state index in [-0.39, 0.29) is 52.0 Å². The highest BCUT2D eigenvalue weighted by Crippen LogP contribution is 2.63. The number of nitrogens with zero attached hydrogens (tertiary/aromatic N) is 5. The van der Waals surface area contributed by atoms with Crippen molar-refractivity contribution in [1.82, 2.24) is 30.3 Å². The van der Waals surface area contributed by atoms with E-state index in [2.05, 4.69) is 35.6 Å². The fourth-order valence-corrected chi connectivity index (χ4v) is 15.2. The third-order valence-electron chi connectivity index (χ3n) is 18.6. The first-order chi connectivity index (χ1) is 34.9. The number of carbonyl (C=O) groups is 5. The Morgan fingerprint density at radius 1 is 0.736 bits per heavy atom. The molecule has 16 heteroatoms. The zero-order chi connectivity index (χ0) is 49.7. The molecule has 0 radical (unpaired) electrons. The molecule has 13 nitrogen and oxygen atoms in total. The molecule has 8 heterocycles. The lowest BCUT2D eigenvalue weighted by atomic mass is 9.55. The number of halogens is 3. The van der Waals surface area contributed by atoms with Gasteiger partial charge in [0.2, 0.25) is 29.5 Å². The van der Waals surface area contributed by atoms with Gasteiger partial charge >= 0.3 is 0 Å². The van der Waals surface area contributed by atoms with Crippen LogP contribution in [0.3, 0.4) is 0 Å². The van der Waals surface area contributed by atoms with Gasteiger partial charge in [0.1, 0.15) is 17.1 Å². The number of hydrogen-bond acceptors (Lipinski definition) is 9. The molecule has 1 aromatic heterocycles. The molecule has 2 spiro atoms. The molecule has 3 N–H and O–H groups in total. The quantitative estimate of drug-likeness (QED) is 0.181. The molecule has 1 saturated carbocycles. The van der Waals surface area contributed by atoms with Crippen molar-refractivity contribution in [2.24, 2.45) is 23.7 Å². The van der Waals surface area contributed by atoms with Gasteiger partial charge in [-0.2, -0.15) is 0 Å². The van der Waals surface area contributed by atoms with Gasteiger partial charge in [-0.1, -0.05) is 60.7 Å². The van der Waals surface area contributed by atoms with E-state index in [4.69, 9.17) is 23.2 Å². The maximum absolute atomic E-state index is 16.4. The van der Waals surface area contributed by atoms with Crippen LogP contribution in [0.1, 0.15) is 131 Å². The van der Waals surface area contributed by atoms with E-state index in [1.165, 1.54) is 25.3 Å². The van der Waals surface area contributed by atoms with E-state index in [1.807, 2.05) is 23.1 Å². The second-order valence-electron chi connectivity index (χ2n) is 22.6. The van der Waals surface area contributed by atoms with Gasteiger partial charge in [-0.05, 0) is 155 Å². The van der Waals surface area contributed by atoms with Crippen LogP contribution >= 0.6 is 23.2 Å². The molecule has 3 aromatic rings. The van der Waals surface area contributed by atoms with E-state index in [9.17, 15) is 19.2 Å². The largest absolute Gasteiger partial charge is 0.357 e. The summed E-state index contributed by atoms with van der Waals surface area (Å²) in [6.45, 7) is 7.76. The monoisotopic (exact) mass is 1020 g/mol. The van der Waals surface area contributed by atoms with Gasteiger partial charge < -0.3 is 24.9 Å². The van der Waals surface area contributed by atoms with Crippen LogP contribution in [0.5, 0.6) is 0 Å². The highest BCUT2D eigenvalue weighted by atomic mass is 35.5. The van der Waals surface area contributed by atoms with Gasteiger partial charge in [-0.15, -0.1) is 0 Å². The van der Waals surface area contributed by atoms with Crippen molar-refractivity contribution in [3.8, 4) is 0 Å². The third kappa shape index (κ3) is 9.22. The van der Waals surface area contributed by atoms with Crippen LogP contribution in [0.15, 0.2) is 54.7 Å². The predicted octanol–water partition coefficient (Wildman–Crippen LogP) is 8.19. The first-order valence-corrected chi connectivity index (χ1v) is 27.8. The third-order valence-corrected chi connectivity index (χ3v) is 19.1. The molecule has 72 heavy (non-hydrogen) atoms. The minimum absolute atomic E-state index is 0.0497. The normalized spacial score (nSPS) is 27.9. The lowest BCUT2D eigenvalue weighted by Crippen LogP contribution is -2.60. The number of nitrogens with one attached hydrogen (secondary N) is 3. The van der Waals surface area contributed by atoms with Crippen molar-refractivity contribution in [1.29, 1.82) is 0 Å². The number of pyridine rings is 1. The summed E-state index contributed by atoms with van der Waals surface area (Å²) in [4.78, 5) is 81.7. The lowest BCUT2D eigenvalue weighted by molar-refractivity contribution is -0.142. The van der Waals surface area contributed by atoms with Gasteiger partial charge in [0, 0.05) is 86.5 Å². The number of piperidine rings is 5. The Hall–Kier alpha value is -4.63. The second kappa shape index (κ2) is 20.6. The molecule has 7 fully saturated rings. The maximum atomic E-state index is 16.4. The summed E-state index contributed by atoms with van der Waals surface area (Å²) in [5, 5.41) is 9.81. The van der Waals surface area contributed by atoms with E-state index in [1.54, 1.807) is 30.5 Å². The van der Waals surface area contributed by atoms with E-state index in [0.29, 0.717) is 74.2 Å². The van der Waals surface area contributed by atoms with Crippen molar-refractivity contribution < 1.29 is 28.4 Å². The maximum Gasteiger partial charge on any atom is 0.240 e. The number of hydrogen-bond donors (Lipinski definition) is 3. The van der Waals surface area contributed by atoms with Crippen LogP contribution < -0.4 is 20.9 Å². The summed E-state index contributed by atoms with van der Waals surface area (Å²) >= 11 is 12.9. The minimum Gasteiger partial charge on any atom is -0.357 e. The number of fused-ring (bicyclic) bond motifs is 3. The first kappa shape index (κ1) is 49.6. The van der Waals surface area contributed by atoms with Crippen LogP contribution in [0, 0.1) is 29.5 Å². The zero-order valence-corrected chi connectivity index (χ0v) is 42.8. The topological polar surface area (TPSA) is 147 Å². The average Bonchev–Trinajstić information content (AvgIpc) is 3.85. The molecular formula is C56H69Cl2FN8O5. The van der Waals surface area contributed by atoms with E-state index >= 15 is 9.18 Å². The molecule has 2 aromatic carbocycles. The number of anilines is 2. The fourth-order valence-electron chi connectivity index (χ4n) is 14.8. The summed E-state index contributed by atoms with van der Waals surface area (Å²) in [6.07, 6.45) is 15.9. The van der Waals surface area contributed by atoms with Crippen molar-refractivity contribution in [3.63, 3.8) is 0 Å². The van der Waals surface area contributed by atoms with Gasteiger partial charge in [0.15, 0.2) is 0 Å². The fraction of sp³-hybridized carbons (Fsp3) is 0.607. The summed E-state index contributed by atoms with van der Waals surface area (Å²) < 4.78 is 16.4. The Morgan fingerprint density at radius 2 is 1.42 bits per heavy atom. The molecule has 384 valence electrons. The van der Waals surface area contributed by atoms with E-state index in [0.717, 1.165) is 114 Å². The standard InChI is InChI=1S/C56H69Cl2FN8O5/c57-40-7-9-43-45(33-40)61-54(72)56(43)48(42-5-4-6-44(58)49(42)59)50(63-55(56)20-2-1-3-21-55)53(71)67-29-18-38(19-30-67)52(70)66-27-14-36(15-28-66)31-35-12-23-64(24-13-35)34-37-16-25-65(26-17-37)46-32-39(11-22-60-46)41-8-10-47(68)62-51(41)69/h4-7,9,11,22,32-33,35-38,41,48,50,63H,1-3,8,10,12-21,23-31,34H2,(H,61,72)(H,62,68,69)/t41?,48?,50?,56-/m1/s1. The Balaban J connectivity index is 0.651. The Morgan fingerprint density at radius 3 is 2.14 bits per heavy atom. The zero-order valence-electron chi connectivity index (χ0n) is 41.3. The first-order valence-electron chi connectivity index (χ1n) is 27.1. The molecule has 11 rings (SSSR count). The average molecular weight is 1020 g/mol. The van der Waals surface area contributed by atoms with Gasteiger partial charge in [0.25, 0.3) is 0 Å². The number of benzene rings is 2. The summed E-state index contributed by atoms with van der Waals surface area (Å²) in [7, 11) is 0. The van der Waals surface area contributed by atoms with Crippen molar-refractivity contribution in [3.05, 3.63) is 87.3 Å². The number of rotatable bonds is 9. The molecule has 1 aliphatic carbocycles. The molecule has 7 aliphatic heterocycles. The van der Waals surface area contributed by atoms with E-state index < -0.39 is 28.7 Å². The smallest absolute Gasteiger partial charge is 0.240 e. The van der Waals surface area contributed by atoms with Crippen LogP contribution in [-0.2, 0) is 29.4 Å². The van der Waals surface area contributed by atoms with Crippen LogP contribution in [-0.4, -0.2) is 120 Å². The number of likely N-dealkylation sites (tertiary alicyclic amines) is 3. The van der Waals surface area contributed by atoms with Crippen molar-refractivity contribution >= 4 is 64.2 Å². The lowest BCUT2D eigenvalue weighted by Gasteiger charge is -2.47. The highest BCUT2D eigenvalue weighted by molar-refractivity contribution is 6.31. The van der Waals surface area contributed by atoms with Crippen LogP contribution in [0.2, 0.25) is 10.0 Å². The summed E-state index contributed by atoms with van der Waals surface area (Å²) in [5.41, 5.74) is 0.433. The predicted molar refractivity (Wildman–Crippen MR) is 275 cm³/mol. The van der Waals surface area contributed by atoms with Gasteiger partial charge in [-0.25, -0.2) is 9.37 Å². The number of carbonyl (C=O) groups excluding carboxylic acids is 5. The SMILES string of the molecule is O=C1CCC(c2ccnc(N3CCC(CN4CCC(CC5CCN(C(=O)C6CCN(C(=O)C7NC8(CCCCC8)[C@@]8(C(=O)Nc9cc(Cl)ccc98)C7c7cccc(Cl)c7F)CC6)CC5)CC4)CC3)c2)C(=O)N1. The summed E-state index contributed by atoms with van der Waals surface area (Å²) in [5.74, 6) is 0.382. The van der Waals surface area contributed by atoms with Crippen LogP contribution in [0.25, 0.3) is 0 Å². The minimum atomic E-state index is -1.28. The Bertz CT molecular complexity index is 2560. The number of imide groups is 1. The Kier molecular flexibility index (Phi) is 14.2.